The fourth-order valence-electron chi connectivity index (χ4n) is 1.78. The summed E-state index contributed by atoms with van der Waals surface area (Å²) in [6.45, 7) is 1.62. The standard InChI is InChI=1S/C16H14F3NO2/c1-10(12-4-6-16(21-2)15(19)8-12)20-22-9-11-3-5-13(17)14(18)7-11/h3-8H,9H2,1-2H3. The third-order valence-corrected chi connectivity index (χ3v) is 2.99. The summed E-state index contributed by atoms with van der Waals surface area (Å²) in [6, 6.07) is 7.85. The lowest BCUT2D eigenvalue weighted by atomic mass is 10.1. The van der Waals surface area contributed by atoms with E-state index in [-0.39, 0.29) is 12.4 Å². The van der Waals surface area contributed by atoms with Crippen LogP contribution in [0.1, 0.15) is 18.1 Å². The molecule has 0 aromatic heterocycles. The van der Waals surface area contributed by atoms with Gasteiger partial charge in [0.2, 0.25) is 0 Å². The summed E-state index contributed by atoms with van der Waals surface area (Å²) < 4.78 is 44.2. The highest BCUT2D eigenvalue weighted by molar-refractivity contribution is 5.98. The maximum Gasteiger partial charge on any atom is 0.165 e. The van der Waals surface area contributed by atoms with Crippen molar-refractivity contribution in [3.8, 4) is 5.75 Å². The highest BCUT2D eigenvalue weighted by atomic mass is 19.2. The van der Waals surface area contributed by atoms with Gasteiger partial charge in [0.05, 0.1) is 12.8 Å². The summed E-state index contributed by atoms with van der Waals surface area (Å²) in [7, 11) is 1.38. The van der Waals surface area contributed by atoms with Crippen LogP contribution in [-0.2, 0) is 11.4 Å². The van der Waals surface area contributed by atoms with Gasteiger partial charge in [-0.15, -0.1) is 0 Å². The number of oxime groups is 1. The van der Waals surface area contributed by atoms with Crippen LogP contribution in [0.15, 0.2) is 41.6 Å². The second-order valence-corrected chi connectivity index (χ2v) is 4.55. The number of halogens is 3. The smallest absolute Gasteiger partial charge is 0.165 e. The van der Waals surface area contributed by atoms with Crippen molar-refractivity contribution in [3.63, 3.8) is 0 Å². The van der Waals surface area contributed by atoms with Crippen molar-refractivity contribution in [3.05, 3.63) is 65.0 Å². The van der Waals surface area contributed by atoms with Gasteiger partial charge in [-0.2, -0.15) is 0 Å². The molecule has 0 aliphatic rings. The fourth-order valence-corrected chi connectivity index (χ4v) is 1.78. The molecule has 0 atom stereocenters. The monoisotopic (exact) mass is 309 g/mol. The predicted octanol–water partition coefficient (Wildman–Crippen LogP) is 4.05. The molecule has 0 unspecified atom stereocenters. The molecule has 2 aromatic rings. The van der Waals surface area contributed by atoms with Crippen LogP contribution in [0, 0.1) is 17.5 Å². The largest absolute Gasteiger partial charge is 0.494 e. The predicted molar refractivity (Wildman–Crippen MR) is 76.3 cm³/mol. The third kappa shape index (κ3) is 3.78. The molecule has 0 fully saturated rings. The van der Waals surface area contributed by atoms with Gasteiger partial charge in [-0.25, -0.2) is 13.2 Å². The molecule has 0 aliphatic carbocycles. The Kier molecular flexibility index (Phi) is 5.04. The van der Waals surface area contributed by atoms with E-state index in [1.165, 1.54) is 25.3 Å². The molecule has 3 nitrogen and oxygen atoms in total. The van der Waals surface area contributed by atoms with E-state index < -0.39 is 17.5 Å². The van der Waals surface area contributed by atoms with Crippen LogP contribution < -0.4 is 4.74 Å². The molecule has 6 heteroatoms. The first-order valence-corrected chi connectivity index (χ1v) is 6.45. The minimum absolute atomic E-state index is 0.0207. The first-order chi connectivity index (χ1) is 10.5. The van der Waals surface area contributed by atoms with Gasteiger partial charge in [-0.05, 0) is 42.8 Å². The SMILES string of the molecule is COc1ccc(C(C)=NOCc2ccc(F)c(F)c2)cc1F. The normalized spacial score (nSPS) is 11.4. The van der Waals surface area contributed by atoms with E-state index in [0.717, 1.165) is 12.1 Å². The van der Waals surface area contributed by atoms with E-state index in [1.807, 2.05) is 0 Å². The summed E-state index contributed by atoms with van der Waals surface area (Å²) in [5.41, 5.74) is 1.42. The van der Waals surface area contributed by atoms with E-state index in [1.54, 1.807) is 13.0 Å². The zero-order chi connectivity index (χ0) is 16.1. The van der Waals surface area contributed by atoms with Crippen LogP contribution >= 0.6 is 0 Å². The van der Waals surface area contributed by atoms with Crippen molar-refractivity contribution in [1.82, 2.24) is 0 Å². The Morgan fingerprint density at radius 2 is 1.77 bits per heavy atom. The average molecular weight is 309 g/mol. The van der Waals surface area contributed by atoms with Crippen LogP contribution in [0.2, 0.25) is 0 Å². The first kappa shape index (κ1) is 15.9. The van der Waals surface area contributed by atoms with Gasteiger partial charge in [0.1, 0.15) is 6.61 Å². The topological polar surface area (TPSA) is 30.8 Å². The van der Waals surface area contributed by atoms with Gasteiger partial charge >= 0.3 is 0 Å². The van der Waals surface area contributed by atoms with Crippen molar-refractivity contribution in [2.75, 3.05) is 7.11 Å². The van der Waals surface area contributed by atoms with Crippen molar-refractivity contribution in [2.45, 2.75) is 13.5 Å². The highest BCUT2D eigenvalue weighted by Gasteiger charge is 2.06. The van der Waals surface area contributed by atoms with E-state index in [9.17, 15) is 13.2 Å². The zero-order valence-corrected chi connectivity index (χ0v) is 12.1. The maximum atomic E-state index is 13.6. The Labute approximate surface area is 126 Å². The fraction of sp³-hybridized carbons (Fsp3) is 0.188. The average Bonchev–Trinajstić information content (AvgIpc) is 2.50. The minimum atomic E-state index is -0.945. The zero-order valence-electron chi connectivity index (χ0n) is 12.1. The molecule has 0 bridgehead atoms. The molecule has 0 radical (unpaired) electrons. The van der Waals surface area contributed by atoms with Gasteiger partial charge in [0.15, 0.2) is 23.2 Å². The summed E-state index contributed by atoms with van der Waals surface area (Å²) in [6.07, 6.45) is 0. The summed E-state index contributed by atoms with van der Waals surface area (Å²) in [5.74, 6) is -2.23. The Morgan fingerprint density at radius 1 is 1.00 bits per heavy atom. The molecule has 0 N–H and O–H groups in total. The number of methoxy groups -OCH3 is 1. The number of benzene rings is 2. The number of ether oxygens (including phenoxy) is 1. The van der Waals surface area contributed by atoms with E-state index in [0.29, 0.717) is 16.8 Å². The molecular weight excluding hydrogens is 295 g/mol. The molecular formula is C16H14F3NO2. The molecule has 0 saturated carbocycles. The van der Waals surface area contributed by atoms with Crippen LogP contribution in [0.3, 0.4) is 0 Å². The van der Waals surface area contributed by atoms with Gasteiger partial charge in [0.25, 0.3) is 0 Å². The van der Waals surface area contributed by atoms with E-state index in [4.69, 9.17) is 9.57 Å². The lowest BCUT2D eigenvalue weighted by Gasteiger charge is -2.06. The molecule has 0 saturated heterocycles. The van der Waals surface area contributed by atoms with Gasteiger partial charge in [-0.3, -0.25) is 0 Å². The molecule has 22 heavy (non-hydrogen) atoms. The summed E-state index contributed by atoms with van der Waals surface area (Å²) >= 11 is 0. The first-order valence-electron chi connectivity index (χ1n) is 6.45. The second-order valence-electron chi connectivity index (χ2n) is 4.55. The number of nitrogens with zero attached hydrogens (tertiary/aromatic N) is 1. The lowest BCUT2D eigenvalue weighted by Crippen LogP contribution is -1.99. The molecule has 2 rings (SSSR count). The molecule has 0 aliphatic heterocycles. The molecule has 0 amide bonds. The Hall–Kier alpha value is -2.50. The van der Waals surface area contributed by atoms with Gasteiger partial charge in [-0.1, -0.05) is 11.2 Å². The number of rotatable bonds is 5. The molecule has 2 aromatic carbocycles. The van der Waals surface area contributed by atoms with Crippen molar-refractivity contribution >= 4 is 5.71 Å². The van der Waals surface area contributed by atoms with Crippen molar-refractivity contribution in [2.24, 2.45) is 5.16 Å². The van der Waals surface area contributed by atoms with Crippen LogP contribution in [-0.4, -0.2) is 12.8 Å². The Balaban J connectivity index is 2.03. The van der Waals surface area contributed by atoms with Crippen LogP contribution in [0.5, 0.6) is 5.75 Å². The summed E-state index contributed by atoms with van der Waals surface area (Å²) in [5, 5.41) is 3.83. The summed E-state index contributed by atoms with van der Waals surface area (Å²) in [4.78, 5) is 5.07. The minimum Gasteiger partial charge on any atom is -0.494 e. The van der Waals surface area contributed by atoms with Crippen LogP contribution in [0.25, 0.3) is 0 Å². The van der Waals surface area contributed by atoms with Crippen LogP contribution in [0.4, 0.5) is 13.2 Å². The van der Waals surface area contributed by atoms with E-state index in [2.05, 4.69) is 5.16 Å². The second kappa shape index (κ2) is 6.98. The molecule has 116 valence electrons. The van der Waals surface area contributed by atoms with Gasteiger partial charge < -0.3 is 9.57 Å². The van der Waals surface area contributed by atoms with E-state index >= 15 is 0 Å². The quantitative estimate of drug-likeness (QED) is 0.616. The molecule has 0 spiro atoms. The highest BCUT2D eigenvalue weighted by Crippen LogP contribution is 2.18. The number of hydrogen-bond acceptors (Lipinski definition) is 3. The third-order valence-electron chi connectivity index (χ3n) is 2.99. The van der Waals surface area contributed by atoms with Crippen molar-refractivity contribution < 1.29 is 22.7 Å². The Morgan fingerprint density at radius 3 is 2.41 bits per heavy atom. The van der Waals surface area contributed by atoms with Crippen molar-refractivity contribution in [1.29, 1.82) is 0 Å². The Bertz CT molecular complexity index is 702. The molecule has 0 heterocycles. The lowest BCUT2D eigenvalue weighted by molar-refractivity contribution is 0.130. The maximum absolute atomic E-state index is 13.6. The number of hydrogen-bond donors (Lipinski definition) is 0. The van der Waals surface area contributed by atoms with Gasteiger partial charge in [0, 0.05) is 5.56 Å².